The van der Waals surface area contributed by atoms with Crippen LogP contribution in [0.15, 0.2) is 0 Å². The van der Waals surface area contributed by atoms with Gasteiger partial charge in [-0.15, -0.1) is 0 Å². The number of aliphatic hydroxyl groups excluding tert-OH is 1. The van der Waals surface area contributed by atoms with Crippen LogP contribution in [0.3, 0.4) is 0 Å². The summed E-state index contributed by atoms with van der Waals surface area (Å²) in [6.07, 6.45) is 2.50. The topological polar surface area (TPSA) is 83.5 Å². The SMILES string of the molecule is CCC(CC)(CO)CNC(=O)C(C)S(C)(=O)=O. The van der Waals surface area contributed by atoms with Crippen molar-refractivity contribution in [1.82, 2.24) is 5.32 Å². The Morgan fingerprint density at radius 3 is 2.12 bits per heavy atom. The molecule has 0 aromatic heterocycles. The molecule has 17 heavy (non-hydrogen) atoms. The molecular weight excluding hydrogens is 242 g/mol. The van der Waals surface area contributed by atoms with Gasteiger partial charge >= 0.3 is 0 Å². The van der Waals surface area contributed by atoms with Crippen molar-refractivity contribution in [1.29, 1.82) is 0 Å². The Balaban J connectivity index is 4.52. The van der Waals surface area contributed by atoms with Crippen LogP contribution in [0.25, 0.3) is 0 Å². The van der Waals surface area contributed by atoms with Gasteiger partial charge in [-0.2, -0.15) is 0 Å². The van der Waals surface area contributed by atoms with Crippen LogP contribution in [-0.2, 0) is 14.6 Å². The molecule has 0 heterocycles. The van der Waals surface area contributed by atoms with Crippen molar-refractivity contribution in [3.8, 4) is 0 Å². The van der Waals surface area contributed by atoms with Gasteiger partial charge in [-0.1, -0.05) is 13.8 Å². The lowest BCUT2D eigenvalue weighted by Crippen LogP contribution is -2.44. The summed E-state index contributed by atoms with van der Waals surface area (Å²) >= 11 is 0. The first kappa shape index (κ1) is 16.4. The standard InChI is InChI=1S/C11H23NO4S/c1-5-11(6-2,8-13)7-12-10(14)9(3)17(4,15)16/h9,13H,5-8H2,1-4H3,(H,12,14). The highest BCUT2D eigenvalue weighted by Gasteiger charge is 2.29. The van der Waals surface area contributed by atoms with Gasteiger partial charge in [-0.05, 0) is 19.8 Å². The summed E-state index contributed by atoms with van der Waals surface area (Å²) < 4.78 is 22.4. The van der Waals surface area contributed by atoms with E-state index < -0.39 is 21.0 Å². The second-order valence-corrected chi connectivity index (χ2v) is 6.92. The molecule has 0 aromatic carbocycles. The minimum absolute atomic E-state index is 0.0203. The predicted octanol–water partition coefficient (Wildman–Crippen LogP) is 0.334. The number of sulfone groups is 1. The number of hydrogen-bond donors (Lipinski definition) is 2. The smallest absolute Gasteiger partial charge is 0.238 e. The molecule has 0 aliphatic carbocycles. The van der Waals surface area contributed by atoms with Crippen molar-refractivity contribution < 1.29 is 18.3 Å². The molecule has 5 nitrogen and oxygen atoms in total. The van der Waals surface area contributed by atoms with Gasteiger partial charge in [0, 0.05) is 18.2 Å². The number of hydrogen-bond acceptors (Lipinski definition) is 4. The predicted molar refractivity (Wildman–Crippen MR) is 67.4 cm³/mol. The number of aliphatic hydroxyl groups is 1. The molecule has 1 atom stereocenters. The monoisotopic (exact) mass is 265 g/mol. The maximum atomic E-state index is 11.6. The molecule has 0 spiro atoms. The van der Waals surface area contributed by atoms with E-state index in [4.69, 9.17) is 0 Å². The van der Waals surface area contributed by atoms with Crippen molar-refractivity contribution in [2.24, 2.45) is 5.41 Å². The first-order valence-electron chi connectivity index (χ1n) is 5.80. The number of carbonyl (C=O) groups excluding carboxylic acids is 1. The normalized spacial score (nSPS) is 14.4. The summed E-state index contributed by atoms with van der Waals surface area (Å²) in [4.78, 5) is 11.6. The van der Waals surface area contributed by atoms with Crippen molar-refractivity contribution in [3.05, 3.63) is 0 Å². The van der Waals surface area contributed by atoms with Crippen LogP contribution in [0.2, 0.25) is 0 Å². The molecule has 102 valence electrons. The molecule has 0 radical (unpaired) electrons. The Morgan fingerprint density at radius 1 is 1.35 bits per heavy atom. The number of nitrogens with one attached hydrogen (secondary N) is 1. The highest BCUT2D eigenvalue weighted by Crippen LogP contribution is 2.24. The summed E-state index contributed by atoms with van der Waals surface area (Å²) in [5.74, 6) is -0.507. The van der Waals surface area contributed by atoms with Crippen molar-refractivity contribution >= 4 is 15.7 Å². The Morgan fingerprint density at radius 2 is 1.82 bits per heavy atom. The van der Waals surface area contributed by atoms with Gasteiger partial charge in [0.15, 0.2) is 9.84 Å². The first-order chi connectivity index (χ1) is 7.72. The number of rotatable bonds is 7. The highest BCUT2D eigenvalue weighted by atomic mass is 32.2. The van der Waals surface area contributed by atoms with E-state index in [0.717, 1.165) is 19.1 Å². The van der Waals surface area contributed by atoms with E-state index in [9.17, 15) is 18.3 Å². The molecule has 6 heteroatoms. The van der Waals surface area contributed by atoms with Crippen molar-refractivity contribution in [3.63, 3.8) is 0 Å². The quantitative estimate of drug-likeness (QED) is 0.695. The zero-order chi connectivity index (χ0) is 13.7. The Bertz CT molecular complexity index is 338. The van der Waals surface area contributed by atoms with Gasteiger partial charge in [0.2, 0.25) is 5.91 Å². The van der Waals surface area contributed by atoms with Crippen LogP contribution in [-0.4, -0.2) is 44.1 Å². The molecule has 0 rings (SSSR count). The molecule has 1 amide bonds. The zero-order valence-electron chi connectivity index (χ0n) is 11.0. The lowest BCUT2D eigenvalue weighted by molar-refractivity contribution is -0.121. The van der Waals surface area contributed by atoms with E-state index in [1.807, 2.05) is 13.8 Å². The zero-order valence-corrected chi connectivity index (χ0v) is 11.8. The van der Waals surface area contributed by atoms with E-state index >= 15 is 0 Å². The second-order valence-electron chi connectivity index (χ2n) is 4.55. The van der Waals surface area contributed by atoms with Crippen LogP contribution in [0.4, 0.5) is 0 Å². The van der Waals surface area contributed by atoms with Gasteiger partial charge in [0.05, 0.1) is 6.61 Å². The third-order valence-electron chi connectivity index (χ3n) is 3.48. The van der Waals surface area contributed by atoms with Crippen LogP contribution in [0, 0.1) is 5.41 Å². The molecule has 1 unspecified atom stereocenters. The van der Waals surface area contributed by atoms with Gasteiger partial charge in [-0.25, -0.2) is 8.42 Å². The summed E-state index contributed by atoms with van der Waals surface area (Å²) in [5.41, 5.74) is -0.354. The highest BCUT2D eigenvalue weighted by molar-refractivity contribution is 7.92. The minimum Gasteiger partial charge on any atom is -0.396 e. The number of carbonyl (C=O) groups is 1. The second kappa shape index (κ2) is 6.35. The van der Waals surface area contributed by atoms with Crippen LogP contribution in [0.1, 0.15) is 33.6 Å². The Kier molecular flexibility index (Phi) is 6.12. The summed E-state index contributed by atoms with van der Waals surface area (Å²) in [7, 11) is -3.36. The van der Waals surface area contributed by atoms with E-state index in [1.165, 1.54) is 6.92 Å². The fourth-order valence-corrected chi connectivity index (χ4v) is 1.86. The largest absolute Gasteiger partial charge is 0.396 e. The summed E-state index contributed by atoms with van der Waals surface area (Å²) in [5, 5.41) is 10.9. The molecule has 0 saturated carbocycles. The fraction of sp³-hybridized carbons (Fsp3) is 0.909. The lowest BCUT2D eigenvalue weighted by atomic mass is 9.83. The molecule has 0 aliphatic heterocycles. The van der Waals surface area contributed by atoms with Gasteiger partial charge < -0.3 is 10.4 Å². The van der Waals surface area contributed by atoms with Gasteiger partial charge in [-0.3, -0.25) is 4.79 Å². The summed E-state index contributed by atoms with van der Waals surface area (Å²) in [6, 6.07) is 0. The van der Waals surface area contributed by atoms with E-state index in [0.29, 0.717) is 6.54 Å². The minimum atomic E-state index is -3.36. The van der Waals surface area contributed by atoms with Crippen LogP contribution in [0.5, 0.6) is 0 Å². The van der Waals surface area contributed by atoms with Gasteiger partial charge in [0.25, 0.3) is 0 Å². The molecule has 0 aromatic rings. The molecular formula is C11H23NO4S. The van der Waals surface area contributed by atoms with Crippen molar-refractivity contribution in [2.75, 3.05) is 19.4 Å². The van der Waals surface area contributed by atoms with E-state index in [-0.39, 0.29) is 12.0 Å². The average molecular weight is 265 g/mol. The first-order valence-corrected chi connectivity index (χ1v) is 7.75. The lowest BCUT2D eigenvalue weighted by Gasteiger charge is -2.29. The van der Waals surface area contributed by atoms with E-state index in [2.05, 4.69) is 5.32 Å². The van der Waals surface area contributed by atoms with E-state index in [1.54, 1.807) is 0 Å². The third-order valence-corrected chi connectivity index (χ3v) is 4.98. The Hall–Kier alpha value is -0.620. The molecule has 2 N–H and O–H groups in total. The molecule has 0 aliphatic rings. The molecule has 0 bridgehead atoms. The maximum absolute atomic E-state index is 11.6. The fourth-order valence-electron chi connectivity index (χ4n) is 1.39. The molecule has 0 saturated heterocycles. The van der Waals surface area contributed by atoms with Gasteiger partial charge in [0.1, 0.15) is 5.25 Å². The van der Waals surface area contributed by atoms with Crippen molar-refractivity contribution in [2.45, 2.75) is 38.9 Å². The third kappa shape index (κ3) is 4.63. The number of amides is 1. The average Bonchev–Trinajstić information content (AvgIpc) is 2.29. The van der Waals surface area contributed by atoms with Crippen LogP contribution >= 0.6 is 0 Å². The Labute approximate surface area is 104 Å². The maximum Gasteiger partial charge on any atom is 0.238 e. The summed E-state index contributed by atoms with van der Waals surface area (Å²) in [6.45, 7) is 5.52. The van der Waals surface area contributed by atoms with Crippen LogP contribution < -0.4 is 5.32 Å². The molecule has 0 fully saturated rings.